The average Bonchev–Trinajstić information content (AvgIpc) is 2.37. The van der Waals surface area contributed by atoms with E-state index < -0.39 is 5.60 Å². The van der Waals surface area contributed by atoms with Crippen molar-refractivity contribution < 1.29 is 9.90 Å². The number of hydrogen-bond donors (Lipinski definition) is 2. The van der Waals surface area contributed by atoms with Gasteiger partial charge >= 0.3 is 0 Å². The molecule has 19 heavy (non-hydrogen) atoms. The molecule has 2 N–H and O–H groups in total. The van der Waals surface area contributed by atoms with Crippen LogP contribution in [0, 0.1) is 5.92 Å². The number of aliphatic hydroxyl groups is 1. The molecule has 1 amide bonds. The van der Waals surface area contributed by atoms with Gasteiger partial charge in [-0.3, -0.25) is 4.79 Å². The van der Waals surface area contributed by atoms with Gasteiger partial charge in [0.15, 0.2) is 0 Å². The molecule has 1 aromatic heterocycles. The molecule has 0 aliphatic rings. The molecular weight excluding hydrogens is 332 g/mol. The van der Waals surface area contributed by atoms with E-state index in [0.717, 1.165) is 6.42 Å². The highest BCUT2D eigenvalue weighted by Gasteiger charge is 2.27. The molecule has 2 unspecified atom stereocenters. The lowest BCUT2D eigenvalue weighted by atomic mass is 9.88. The highest BCUT2D eigenvalue weighted by molar-refractivity contribution is 9.10. The second-order valence-electron chi connectivity index (χ2n) is 4.84. The average molecular weight is 350 g/mol. The minimum atomic E-state index is -0.948. The minimum absolute atomic E-state index is 0.0870. The summed E-state index contributed by atoms with van der Waals surface area (Å²) in [7, 11) is 0. The van der Waals surface area contributed by atoms with Gasteiger partial charge in [-0.1, -0.05) is 31.9 Å². The molecule has 0 saturated heterocycles. The Balaban J connectivity index is 2.73. The molecule has 0 radical (unpaired) electrons. The molecule has 4 nitrogen and oxygen atoms in total. The fourth-order valence-corrected chi connectivity index (χ4v) is 2.07. The van der Waals surface area contributed by atoms with Gasteiger partial charge in [-0.05, 0) is 34.8 Å². The molecule has 6 heteroatoms. The van der Waals surface area contributed by atoms with Crippen LogP contribution in [0.1, 0.15) is 37.6 Å². The van der Waals surface area contributed by atoms with Gasteiger partial charge in [0, 0.05) is 17.2 Å². The van der Waals surface area contributed by atoms with E-state index in [0.29, 0.717) is 4.47 Å². The van der Waals surface area contributed by atoms with Gasteiger partial charge in [0.1, 0.15) is 5.15 Å². The summed E-state index contributed by atoms with van der Waals surface area (Å²) >= 11 is 9.11. The SMILES string of the molecule is CCC(C)C(C)(O)CNC(=O)c1cc(Br)cnc1Cl. The molecule has 0 spiro atoms. The van der Waals surface area contributed by atoms with E-state index in [-0.39, 0.29) is 29.1 Å². The molecule has 1 heterocycles. The van der Waals surface area contributed by atoms with Gasteiger partial charge in [-0.2, -0.15) is 0 Å². The monoisotopic (exact) mass is 348 g/mol. The van der Waals surface area contributed by atoms with Gasteiger partial charge in [-0.25, -0.2) is 4.98 Å². The molecule has 0 aliphatic heterocycles. The third-order valence-corrected chi connectivity index (χ3v) is 4.07. The zero-order chi connectivity index (χ0) is 14.6. The highest BCUT2D eigenvalue weighted by atomic mass is 79.9. The van der Waals surface area contributed by atoms with Gasteiger partial charge in [0.05, 0.1) is 11.2 Å². The summed E-state index contributed by atoms with van der Waals surface area (Å²) in [6.45, 7) is 5.82. The fraction of sp³-hybridized carbons (Fsp3) is 0.538. The molecule has 1 aromatic rings. The lowest BCUT2D eigenvalue weighted by Gasteiger charge is -2.29. The van der Waals surface area contributed by atoms with Crippen LogP contribution in [0.5, 0.6) is 0 Å². The molecule has 1 rings (SSSR count). The zero-order valence-corrected chi connectivity index (χ0v) is 13.5. The van der Waals surface area contributed by atoms with E-state index in [2.05, 4.69) is 26.2 Å². The number of carbonyl (C=O) groups is 1. The fourth-order valence-electron chi connectivity index (χ4n) is 1.55. The van der Waals surface area contributed by atoms with Crippen LogP contribution in [-0.4, -0.2) is 28.1 Å². The number of hydrogen-bond acceptors (Lipinski definition) is 3. The maximum absolute atomic E-state index is 12.0. The van der Waals surface area contributed by atoms with Crippen molar-refractivity contribution in [3.05, 3.63) is 27.5 Å². The highest BCUT2D eigenvalue weighted by Crippen LogP contribution is 2.20. The predicted octanol–water partition coefficient (Wildman–Crippen LogP) is 3.02. The molecule has 0 saturated carbocycles. The Morgan fingerprint density at radius 1 is 1.68 bits per heavy atom. The first-order valence-corrected chi connectivity index (χ1v) is 7.26. The molecule has 2 atom stereocenters. The van der Waals surface area contributed by atoms with Crippen LogP contribution in [0.3, 0.4) is 0 Å². The maximum Gasteiger partial charge on any atom is 0.254 e. The second-order valence-corrected chi connectivity index (χ2v) is 6.11. The third-order valence-electron chi connectivity index (χ3n) is 3.33. The molecule has 0 aliphatic carbocycles. The molecule has 106 valence electrons. The number of nitrogens with zero attached hydrogens (tertiary/aromatic N) is 1. The van der Waals surface area contributed by atoms with Crippen LogP contribution in [0.15, 0.2) is 16.7 Å². The van der Waals surface area contributed by atoms with Crippen LogP contribution in [-0.2, 0) is 0 Å². The number of pyridine rings is 1. The summed E-state index contributed by atoms with van der Waals surface area (Å²) in [5.41, 5.74) is -0.660. The molecule has 0 fully saturated rings. The zero-order valence-electron chi connectivity index (χ0n) is 11.2. The van der Waals surface area contributed by atoms with Crippen LogP contribution in [0.2, 0.25) is 5.15 Å². The van der Waals surface area contributed by atoms with E-state index in [4.69, 9.17) is 11.6 Å². The largest absolute Gasteiger partial charge is 0.388 e. The standard InChI is InChI=1S/C13H18BrClN2O2/c1-4-8(2)13(3,19)7-17-12(18)10-5-9(14)6-16-11(10)15/h5-6,8,19H,4,7H2,1-3H3,(H,17,18). The van der Waals surface area contributed by atoms with Crippen molar-refractivity contribution in [2.24, 2.45) is 5.92 Å². The number of rotatable bonds is 5. The number of nitrogens with one attached hydrogen (secondary N) is 1. The van der Waals surface area contributed by atoms with E-state index in [9.17, 15) is 9.90 Å². The summed E-state index contributed by atoms with van der Waals surface area (Å²) < 4.78 is 0.677. The molecule has 0 bridgehead atoms. The predicted molar refractivity (Wildman–Crippen MR) is 79.4 cm³/mol. The normalized spacial score (nSPS) is 15.7. The number of halogens is 2. The smallest absolute Gasteiger partial charge is 0.254 e. The van der Waals surface area contributed by atoms with Crippen molar-refractivity contribution in [2.45, 2.75) is 32.8 Å². The van der Waals surface area contributed by atoms with Gasteiger partial charge in [-0.15, -0.1) is 0 Å². The van der Waals surface area contributed by atoms with Gasteiger partial charge in [0.2, 0.25) is 0 Å². The van der Waals surface area contributed by atoms with Crippen molar-refractivity contribution in [1.82, 2.24) is 10.3 Å². The van der Waals surface area contributed by atoms with Gasteiger partial charge in [0.25, 0.3) is 5.91 Å². The van der Waals surface area contributed by atoms with Gasteiger partial charge < -0.3 is 10.4 Å². The van der Waals surface area contributed by atoms with E-state index in [1.165, 1.54) is 6.20 Å². The summed E-state index contributed by atoms with van der Waals surface area (Å²) in [5.74, 6) is -0.258. The second kappa shape index (κ2) is 6.68. The Labute approximate surface area is 126 Å². The van der Waals surface area contributed by atoms with Crippen molar-refractivity contribution in [1.29, 1.82) is 0 Å². The molecular formula is C13H18BrClN2O2. The number of carbonyl (C=O) groups excluding carboxylic acids is 1. The first-order chi connectivity index (χ1) is 8.77. The Morgan fingerprint density at radius 3 is 2.89 bits per heavy atom. The first kappa shape index (κ1) is 16.4. The topological polar surface area (TPSA) is 62.2 Å². The van der Waals surface area contributed by atoms with Crippen molar-refractivity contribution >= 4 is 33.4 Å². The first-order valence-electron chi connectivity index (χ1n) is 6.09. The number of amides is 1. The Morgan fingerprint density at radius 2 is 2.32 bits per heavy atom. The lowest BCUT2D eigenvalue weighted by molar-refractivity contribution is 0.00592. The number of aromatic nitrogens is 1. The summed E-state index contributed by atoms with van der Waals surface area (Å²) in [4.78, 5) is 15.9. The van der Waals surface area contributed by atoms with Crippen molar-refractivity contribution in [3.63, 3.8) is 0 Å². The Hall–Kier alpha value is -0.650. The van der Waals surface area contributed by atoms with E-state index >= 15 is 0 Å². The Bertz CT molecular complexity index is 466. The quantitative estimate of drug-likeness (QED) is 0.803. The summed E-state index contributed by atoms with van der Waals surface area (Å²) in [6, 6.07) is 1.60. The van der Waals surface area contributed by atoms with Crippen LogP contribution >= 0.6 is 27.5 Å². The Kier molecular flexibility index (Phi) is 5.77. The minimum Gasteiger partial charge on any atom is -0.388 e. The summed E-state index contributed by atoms with van der Waals surface area (Å²) in [5, 5.41) is 13.1. The molecule has 0 aromatic carbocycles. The summed E-state index contributed by atoms with van der Waals surface area (Å²) in [6.07, 6.45) is 2.36. The van der Waals surface area contributed by atoms with Crippen molar-refractivity contribution in [2.75, 3.05) is 6.54 Å². The third kappa shape index (κ3) is 4.44. The van der Waals surface area contributed by atoms with E-state index in [1.54, 1.807) is 13.0 Å². The lowest BCUT2D eigenvalue weighted by Crippen LogP contribution is -2.45. The van der Waals surface area contributed by atoms with Crippen LogP contribution < -0.4 is 5.32 Å². The van der Waals surface area contributed by atoms with Crippen molar-refractivity contribution in [3.8, 4) is 0 Å². The maximum atomic E-state index is 12.0. The van der Waals surface area contributed by atoms with Crippen LogP contribution in [0.25, 0.3) is 0 Å². The van der Waals surface area contributed by atoms with Crippen LogP contribution in [0.4, 0.5) is 0 Å². The van der Waals surface area contributed by atoms with E-state index in [1.807, 2.05) is 13.8 Å².